The number of para-hydroxylation sites is 2. The first-order valence-corrected chi connectivity index (χ1v) is 8.83. The van der Waals surface area contributed by atoms with E-state index < -0.39 is 0 Å². The number of hydrogen-bond donors (Lipinski definition) is 3. The third kappa shape index (κ3) is 3.76. The number of imidazole rings is 1. The van der Waals surface area contributed by atoms with Crippen molar-refractivity contribution in [2.45, 2.75) is 6.92 Å². The van der Waals surface area contributed by atoms with Gasteiger partial charge in [-0.3, -0.25) is 9.59 Å². The average Bonchev–Trinajstić information content (AvgIpc) is 3.12. The lowest BCUT2D eigenvalue weighted by Gasteiger charge is -2.08. The molecule has 0 unspecified atom stereocenters. The minimum Gasteiger partial charge on any atom is -0.338 e. The summed E-state index contributed by atoms with van der Waals surface area (Å²) in [4.78, 5) is 31.5. The Bertz CT molecular complexity index is 1130. The van der Waals surface area contributed by atoms with E-state index in [4.69, 9.17) is 0 Å². The molecule has 0 aliphatic rings. The number of aromatic nitrogens is 2. The second-order valence-electron chi connectivity index (χ2n) is 6.40. The molecule has 6 heteroatoms. The standard InChI is InChI=1S/C22H18N4O2/c1-14(27)23-17-11-9-15(10-12-17)22(28)24-18-6-4-5-16(13-18)21-25-19-7-2-3-8-20(19)26-21/h2-13H,1H3,(H,23,27)(H,24,28)(H,25,26). The van der Waals surface area contributed by atoms with Crippen molar-refractivity contribution in [2.75, 3.05) is 10.6 Å². The number of carbonyl (C=O) groups excluding carboxylic acids is 2. The molecule has 3 N–H and O–H groups in total. The van der Waals surface area contributed by atoms with E-state index in [1.54, 1.807) is 24.3 Å². The number of carbonyl (C=O) groups is 2. The Hall–Kier alpha value is -3.93. The van der Waals surface area contributed by atoms with Crippen molar-refractivity contribution < 1.29 is 9.59 Å². The molecule has 6 nitrogen and oxygen atoms in total. The molecule has 0 fully saturated rings. The Kier molecular flexibility index (Phi) is 4.60. The quantitative estimate of drug-likeness (QED) is 0.496. The predicted octanol–water partition coefficient (Wildman–Crippen LogP) is 4.44. The molecule has 0 atom stereocenters. The number of aromatic amines is 1. The number of rotatable bonds is 4. The van der Waals surface area contributed by atoms with Gasteiger partial charge < -0.3 is 15.6 Å². The normalized spacial score (nSPS) is 10.6. The van der Waals surface area contributed by atoms with Gasteiger partial charge >= 0.3 is 0 Å². The van der Waals surface area contributed by atoms with Crippen molar-refractivity contribution in [3.63, 3.8) is 0 Å². The van der Waals surface area contributed by atoms with Crippen LogP contribution in [0, 0.1) is 0 Å². The summed E-state index contributed by atoms with van der Waals surface area (Å²) in [7, 11) is 0. The monoisotopic (exact) mass is 370 g/mol. The first-order chi connectivity index (χ1) is 13.6. The number of fused-ring (bicyclic) bond motifs is 1. The minimum absolute atomic E-state index is 0.153. The van der Waals surface area contributed by atoms with Gasteiger partial charge in [-0.05, 0) is 48.5 Å². The van der Waals surface area contributed by atoms with E-state index >= 15 is 0 Å². The van der Waals surface area contributed by atoms with Crippen LogP contribution in [0.3, 0.4) is 0 Å². The van der Waals surface area contributed by atoms with Gasteiger partial charge in [-0.2, -0.15) is 0 Å². The summed E-state index contributed by atoms with van der Waals surface area (Å²) in [6, 6.07) is 22.1. The number of amides is 2. The highest BCUT2D eigenvalue weighted by molar-refractivity contribution is 6.05. The smallest absolute Gasteiger partial charge is 0.255 e. The van der Waals surface area contributed by atoms with Crippen LogP contribution in [0.4, 0.5) is 11.4 Å². The fraction of sp³-hybridized carbons (Fsp3) is 0.0455. The molecule has 0 bridgehead atoms. The highest BCUT2D eigenvalue weighted by Crippen LogP contribution is 2.23. The molecular weight excluding hydrogens is 352 g/mol. The van der Waals surface area contributed by atoms with E-state index in [0.29, 0.717) is 16.9 Å². The molecule has 0 aliphatic heterocycles. The van der Waals surface area contributed by atoms with Crippen LogP contribution in [-0.4, -0.2) is 21.8 Å². The predicted molar refractivity (Wildman–Crippen MR) is 110 cm³/mol. The summed E-state index contributed by atoms with van der Waals surface area (Å²) in [6.07, 6.45) is 0. The Labute approximate surface area is 161 Å². The molecule has 0 aliphatic carbocycles. The highest BCUT2D eigenvalue weighted by Gasteiger charge is 2.09. The van der Waals surface area contributed by atoms with Crippen molar-refractivity contribution >= 4 is 34.2 Å². The van der Waals surface area contributed by atoms with Gasteiger partial charge in [0.25, 0.3) is 5.91 Å². The van der Waals surface area contributed by atoms with Crippen LogP contribution in [0.1, 0.15) is 17.3 Å². The largest absolute Gasteiger partial charge is 0.338 e. The maximum absolute atomic E-state index is 12.5. The second kappa shape index (κ2) is 7.36. The number of benzene rings is 3. The molecule has 0 saturated heterocycles. The third-order valence-corrected chi connectivity index (χ3v) is 4.25. The van der Waals surface area contributed by atoms with Crippen LogP contribution in [0.25, 0.3) is 22.4 Å². The van der Waals surface area contributed by atoms with Gasteiger partial charge in [-0.25, -0.2) is 4.98 Å². The maximum atomic E-state index is 12.5. The zero-order valence-corrected chi connectivity index (χ0v) is 15.2. The van der Waals surface area contributed by atoms with Crippen LogP contribution in [-0.2, 0) is 4.79 Å². The molecule has 0 spiro atoms. The van der Waals surface area contributed by atoms with Gasteiger partial charge in [0.2, 0.25) is 5.91 Å². The van der Waals surface area contributed by atoms with Gasteiger partial charge in [0, 0.05) is 29.4 Å². The molecule has 138 valence electrons. The van der Waals surface area contributed by atoms with E-state index in [2.05, 4.69) is 20.6 Å². The van der Waals surface area contributed by atoms with Gasteiger partial charge in [0.05, 0.1) is 11.0 Å². The zero-order chi connectivity index (χ0) is 19.5. The average molecular weight is 370 g/mol. The number of nitrogens with one attached hydrogen (secondary N) is 3. The van der Waals surface area contributed by atoms with E-state index in [-0.39, 0.29) is 11.8 Å². The fourth-order valence-corrected chi connectivity index (χ4v) is 2.95. The SMILES string of the molecule is CC(=O)Nc1ccc(C(=O)Nc2cccc(-c3nc4ccccc4[nH]3)c2)cc1. The van der Waals surface area contributed by atoms with Crippen LogP contribution in [0.2, 0.25) is 0 Å². The van der Waals surface area contributed by atoms with E-state index in [9.17, 15) is 9.59 Å². The fourth-order valence-electron chi connectivity index (χ4n) is 2.95. The molecule has 28 heavy (non-hydrogen) atoms. The number of hydrogen-bond acceptors (Lipinski definition) is 3. The molecule has 3 aromatic carbocycles. The van der Waals surface area contributed by atoms with Crippen molar-refractivity contribution in [3.05, 3.63) is 78.4 Å². The summed E-state index contributed by atoms with van der Waals surface area (Å²) in [6.45, 7) is 1.44. The van der Waals surface area contributed by atoms with Crippen LogP contribution < -0.4 is 10.6 Å². The number of nitrogens with zero attached hydrogens (tertiary/aromatic N) is 1. The first kappa shape index (κ1) is 17.5. The maximum Gasteiger partial charge on any atom is 0.255 e. The van der Waals surface area contributed by atoms with E-state index in [0.717, 1.165) is 22.4 Å². The summed E-state index contributed by atoms with van der Waals surface area (Å²) in [5.41, 5.74) is 4.57. The lowest BCUT2D eigenvalue weighted by molar-refractivity contribution is -0.114. The molecule has 4 aromatic rings. The Balaban J connectivity index is 1.53. The molecule has 0 radical (unpaired) electrons. The molecule has 1 heterocycles. The third-order valence-electron chi connectivity index (χ3n) is 4.25. The Morgan fingerprint density at radius 3 is 2.39 bits per heavy atom. The van der Waals surface area contributed by atoms with Crippen molar-refractivity contribution in [2.24, 2.45) is 0 Å². The molecule has 0 saturated carbocycles. The van der Waals surface area contributed by atoms with Crippen LogP contribution in [0.5, 0.6) is 0 Å². The van der Waals surface area contributed by atoms with Gasteiger partial charge in [-0.1, -0.05) is 24.3 Å². The first-order valence-electron chi connectivity index (χ1n) is 8.83. The molecule has 1 aromatic heterocycles. The summed E-state index contributed by atoms with van der Waals surface area (Å²) < 4.78 is 0. The highest BCUT2D eigenvalue weighted by atomic mass is 16.2. The summed E-state index contributed by atoms with van der Waals surface area (Å²) in [5.74, 6) is 0.368. The molecule has 4 rings (SSSR count). The lowest BCUT2D eigenvalue weighted by atomic mass is 10.1. The van der Waals surface area contributed by atoms with Crippen molar-refractivity contribution in [1.82, 2.24) is 9.97 Å². The van der Waals surface area contributed by atoms with Crippen LogP contribution >= 0.6 is 0 Å². The van der Waals surface area contributed by atoms with Crippen molar-refractivity contribution in [1.29, 1.82) is 0 Å². The summed E-state index contributed by atoms with van der Waals surface area (Å²) >= 11 is 0. The Morgan fingerprint density at radius 2 is 1.64 bits per heavy atom. The molecular formula is C22H18N4O2. The van der Waals surface area contributed by atoms with E-state index in [1.165, 1.54) is 6.92 Å². The zero-order valence-electron chi connectivity index (χ0n) is 15.2. The molecule has 2 amide bonds. The minimum atomic E-state index is -0.226. The van der Waals surface area contributed by atoms with Crippen LogP contribution in [0.15, 0.2) is 72.8 Å². The topological polar surface area (TPSA) is 86.9 Å². The number of H-pyrrole nitrogens is 1. The van der Waals surface area contributed by atoms with Crippen molar-refractivity contribution in [3.8, 4) is 11.4 Å². The second-order valence-corrected chi connectivity index (χ2v) is 6.40. The Morgan fingerprint density at radius 1 is 0.857 bits per heavy atom. The number of anilines is 2. The van der Waals surface area contributed by atoms with Gasteiger partial charge in [-0.15, -0.1) is 0 Å². The van der Waals surface area contributed by atoms with Gasteiger partial charge in [0.1, 0.15) is 5.82 Å². The lowest BCUT2D eigenvalue weighted by Crippen LogP contribution is -2.12. The van der Waals surface area contributed by atoms with Gasteiger partial charge in [0.15, 0.2) is 0 Å². The van der Waals surface area contributed by atoms with E-state index in [1.807, 2.05) is 48.5 Å². The summed E-state index contributed by atoms with van der Waals surface area (Å²) in [5, 5.41) is 5.57.